The van der Waals surface area contributed by atoms with Gasteiger partial charge in [-0.05, 0) is 79.0 Å². The number of thioether (sulfide) groups is 1. The summed E-state index contributed by atoms with van der Waals surface area (Å²) >= 11 is 1.44. The molecule has 3 unspecified atom stereocenters. The zero-order valence-corrected chi connectivity index (χ0v) is 29.3. The van der Waals surface area contributed by atoms with Crippen LogP contribution in [0.2, 0.25) is 0 Å². The highest BCUT2D eigenvalue weighted by atomic mass is 127. The first kappa shape index (κ1) is 28.2. The van der Waals surface area contributed by atoms with Gasteiger partial charge >= 0.3 is 5.82 Å². The molecule has 2 spiro atoms. The van der Waals surface area contributed by atoms with Crippen LogP contribution in [-0.4, -0.2) is 13.5 Å². The minimum absolute atomic E-state index is 0.0160. The SMILES string of the molecule is C1=CC2=C(Sc3ccccc3C23c2ccccc2C24C=c5ccccc5=C[C@@H]2C34)C(c2nc(-c3ccccc3)[nH+]c(-c3ccccc3)n2)=I1. The lowest BCUT2D eigenvalue weighted by Gasteiger charge is -2.42. The number of nitrogens with zero attached hydrogens (tertiary/aromatic N) is 2. The molecule has 5 aliphatic rings. The largest absolute Gasteiger partial charge is 0.315 e. The van der Waals surface area contributed by atoms with Gasteiger partial charge in [-0.25, -0.2) is 4.98 Å². The molecule has 5 aromatic carbocycles. The minimum atomic E-state index is -0.489. The number of hydrogen-bond acceptors (Lipinski definition) is 3. The normalized spacial score (nSPS) is 24.9. The summed E-state index contributed by atoms with van der Waals surface area (Å²) in [6.07, 6.45) is 7.70. The molecule has 1 fully saturated rings. The first-order chi connectivity index (χ1) is 24.3. The van der Waals surface area contributed by atoms with Crippen LogP contribution in [0.4, 0.5) is 0 Å². The Bertz CT molecular complexity index is 2550. The number of nitrogens with one attached hydrogen (secondary N) is 1. The molecule has 232 valence electrons. The van der Waals surface area contributed by atoms with Crippen LogP contribution in [0.15, 0.2) is 159 Å². The Labute approximate surface area is 298 Å². The van der Waals surface area contributed by atoms with Gasteiger partial charge in [-0.15, -0.1) is 0 Å². The number of hydrogen-bond donors (Lipinski definition) is 0. The van der Waals surface area contributed by atoms with Crippen molar-refractivity contribution < 1.29 is 4.98 Å². The molecule has 49 heavy (non-hydrogen) atoms. The van der Waals surface area contributed by atoms with Gasteiger partial charge < -0.3 is 0 Å². The molecule has 4 atom stereocenters. The number of H-pyrrole nitrogens is 1. The maximum atomic E-state index is 5.32. The Hall–Kier alpha value is -4.72. The fourth-order valence-corrected chi connectivity index (χ4v) is 13.1. The van der Waals surface area contributed by atoms with Crippen molar-refractivity contribution in [2.75, 3.05) is 0 Å². The maximum absolute atomic E-state index is 5.32. The topological polar surface area (TPSA) is 39.9 Å². The molecule has 3 aliphatic carbocycles. The summed E-state index contributed by atoms with van der Waals surface area (Å²) in [5.74, 6) is 3.35. The fourth-order valence-electron chi connectivity index (χ4n) is 9.22. The van der Waals surface area contributed by atoms with Crippen LogP contribution in [0.25, 0.3) is 34.9 Å². The number of rotatable bonds is 3. The molecule has 3 nitrogen and oxygen atoms in total. The molecule has 0 bridgehead atoms. The molecule has 1 aromatic heterocycles. The van der Waals surface area contributed by atoms with Crippen molar-refractivity contribution in [3.8, 4) is 22.8 Å². The second kappa shape index (κ2) is 10.4. The number of fused-ring (bicyclic) bond motifs is 8. The van der Waals surface area contributed by atoms with Gasteiger partial charge in [0.05, 0.1) is 16.5 Å². The van der Waals surface area contributed by atoms with Crippen LogP contribution in [-0.2, 0) is 10.8 Å². The van der Waals surface area contributed by atoms with Crippen molar-refractivity contribution in [1.82, 2.24) is 9.97 Å². The van der Waals surface area contributed by atoms with Crippen molar-refractivity contribution in [2.24, 2.45) is 11.8 Å². The van der Waals surface area contributed by atoms with E-state index in [0.717, 1.165) is 28.6 Å². The minimum Gasteiger partial charge on any atom is -0.240 e. The van der Waals surface area contributed by atoms with E-state index >= 15 is 0 Å². The zero-order valence-electron chi connectivity index (χ0n) is 26.3. The Balaban J connectivity index is 1.17. The number of aromatic amines is 1. The second-order valence-electron chi connectivity index (χ2n) is 13.4. The Kier molecular flexibility index (Phi) is 5.97. The van der Waals surface area contributed by atoms with Crippen molar-refractivity contribution in [3.63, 3.8) is 0 Å². The fraction of sp³-hybridized carbons (Fsp3) is 0.0909. The van der Waals surface area contributed by atoms with Gasteiger partial charge in [0.1, 0.15) is 3.51 Å². The highest BCUT2D eigenvalue weighted by Gasteiger charge is 2.78. The lowest BCUT2D eigenvalue weighted by atomic mass is 9.65. The van der Waals surface area contributed by atoms with E-state index in [1.807, 2.05) is 11.8 Å². The predicted octanol–water partition coefficient (Wildman–Crippen LogP) is 7.76. The van der Waals surface area contributed by atoms with Crippen molar-refractivity contribution in [2.45, 2.75) is 15.7 Å². The molecule has 0 amide bonds. The molecular weight excluding hydrogens is 729 g/mol. The van der Waals surface area contributed by atoms with Gasteiger partial charge in [-0.1, -0.05) is 164 Å². The van der Waals surface area contributed by atoms with Crippen LogP contribution in [0.3, 0.4) is 0 Å². The van der Waals surface area contributed by atoms with Crippen LogP contribution in [0, 0.1) is 11.8 Å². The maximum Gasteiger partial charge on any atom is 0.315 e. The third kappa shape index (κ3) is 3.80. The van der Waals surface area contributed by atoms with Gasteiger partial charge in [-0.3, -0.25) is 0 Å². The highest BCUT2D eigenvalue weighted by Crippen LogP contribution is 2.80. The summed E-state index contributed by atoms with van der Waals surface area (Å²) in [4.78, 5) is 16.9. The van der Waals surface area contributed by atoms with Crippen LogP contribution < -0.4 is 15.4 Å². The van der Waals surface area contributed by atoms with E-state index in [9.17, 15) is 0 Å². The first-order valence-electron chi connectivity index (χ1n) is 16.8. The quantitative estimate of drug-likeness (QED) is 0.174. The first-order valence-corrected chi connectivity index (χ1v) is 19.9. The van der Waals surface area contributed by atoms with Gasteiger partial charge in [0, 0.05) is 15.2 Å². The average Bonchev–Trinajstić information content (AvgIpc) is 3.77. The lowest BCUT2D eigenvalue weighted by Crippen LogP contribution is -2.37. The van der Waals surface area contributed by atoms with E-state index in [0.29, 0.717) is 11.8 Å². The summed E-state index contributed by atoms with van der Waals surface area (Å²) in [7, 11) is 0. The van der Waals surface area contributed by atoms with Gasteiger partial charge in [0.15, 0.2) is 0 Å². The number of benzene rings is 5. The smallest absolute Gasteiger partial charge is 0.240 e. The number of aromatic nitrogens is 3. The lowest BCUT2D eigenvalue weighted by molar-refractivity contribution is -0.360. The van der Waals surface area contributed by atoms with E-state index in [4.69, 9.17) is 9.97 Å². The zero-order chi connectivity index (χ0) is 32.2. The molecule has 1 N–H and O–H groups in total. The van der Waals surface area contributed by atoms with Gasteiger partial charge in [0.2, 0.25) is 0 Å². The highest BCUT2D eigenvalue weighted by molar-refractivity contribution is 14.2. The average molecular weight is 759 g/mol. The molecular formula is C44H29IN3S+. The number of allylic oxidation sites excluding steroid dienone is 3. The Morgan fingerprint density at radius 1 is 0.633 bits per heavy atom. The monoisotopic (exact) mass is 758 g/mol. The summed E-state index contributed by atoms with van der Waals surface area (Å²) in [6.45, 7) is 0. The summed E-state index contributed by atoms with van der Waals surface area (Å²) in [5.41, 5.74) is 7.63. The number of halogens is 1. The molecule has 3 heterocycles. The molecule has 5 heteroatoms. The molecule has 0 radical (unpaired) electrons. The third-order valence-corrected chi connectivity index (χ3v) is 15.0. The van der Waals surface area contributed by atoms with Crippen LogP contribution in [0.1, 0.15) is 22.5 Å². The van der Waals surface area contributed by atoms with Crippen molar-refractivity contribution >= 4 is 48.2 Å². The van der Waals surface area contributed by atoms with Crippen LogP contribution >= 0.6 is 32.5 Å². The van der Waals surface area contributed by atoms with Gasteiger partial charge in [-0.2, -0.15) is 0 Å². The molecule has 0 saturated heterocycles. The Morgan fingerprint density at radius 2 is 1.24 bits per heavy atom. The second-order valence-corrected chi connectivity index (χ2v) is 16.9. The summed E-state index contributed by atoms with van der Waals surface area (Å²) < 4.78 is 3.77. The van der Waals surface area contributed by atoms with E-state index in [1.54, 1.807) is 0 Å². The molecule has 2 aliphatic heterocycles. The van der Waals surface area contributed by atoms with Crippen molar-refractivity contribution in [3.05, 3.63) is 187 Å². The third-order valence-electron chi connectivity index (χ3n) is 11.1. The van der Waals surface area contributed by atoms with Crippen molar-refractivity contribution in [1.29, 1.82) is 0 Å². The van der Waals surface area contributed by atoms with Crippen LogP contribution in [0.5, 0.6) is 0 Å². The summed E-state index contributed by atoms with van der Waals surface area (Å²) in [6, 6.07) is 48.4. The van der Waals surface area contributed by atoms with Gasteiger partial charge in [0.25, 0.3) is 11.6 Å². The standard InChI is InChI=1S/C44H28IN3S/c1-3-13-27(14-4-1)40-46-41(28-15-5-2-6-16-28)48-42(47-40)37-38-34(23-24-45-37)44(33-21-11-12-22-36(33)49-38)32-20-10-9-19-31(32)43-26-30-18-8-7-17-29(30)25-35(43)39(43)44/h1-26,35,39H/p+1/t35-,39?,43?,44?/m1/s1. The predicted molar refractivity (Wildman–Crippen MR) is 207 cm³/mol. The molecule has 6 aromatic rings. The Morgan fingerprint density at radius 3 is 1.98 bits per heavy atom. The van der Waals surface area contributed by atoms with E-state index < -0.39 is 20.7 Å². The molecule has 1 saturated carbocycles. The molecule has 11 rings (SSSR count). The van der Waals surface area contributed by atoms with E-state index in [1.165, 1.54) is 46.0 Å². The van der Waals surface area contributed by atoms with E-state index in [2.05, 4.69) is 161 Å². The summed E-state index contributed by atoms with van der Waals surface area (Å²) in [5, 5.41) is 2.72. The van der Waals surface area contributed by atoms with E-state index in [-0.39, 0.29) is 10.8 Å².